The number of amides is 1. The summed E-state index contributed by atoms with van der Waals surface area (Å²) in [6.45, 7) is 6.44. The lowest BCUT2D eigenvalue weighted by molar-refractivity contribution is -0.116. The number of carbonyl (C=O) groups excluding carboxylic acids is 1. The van der Waals surface area contributed by atoms with Crippen LogP contribution in [0.25, 0.3) is 0 Å². The van der Waals surface area contributed by atoms with Crippen LogP contribution in [0.4, 0.5) is 11.4 Å². The van der Waals surface area contributed by atoms with Gasteiger partial charge in [-0.1, -0.05) is 26.0 Å². The molecule has 0 aliphatic carbocycles. The molecule has 26 heavy (non-hydrogen) atoms. The van der Waals surface area contributed by atoms with E-state index in [0.717, 1.165) is 5.56 Å². The molecule has 0 unspecified atom stereocenters. The van der Waals surface area contributed by atoms with Crippen LogP contribution in [0.5, 0.6) is 5.75 Å². The van der Waals surface area contributed by atoms with Crippen LogP contribution >= 0.6 is 0 Å². The van der Waals surface area contributed by atoms with Gasteiger partial charge in [0.05, 0.1) is 22.8 Å². The molecule has 0 bridgehead atoms. The topological polar surface area (TPSA) is 75.7 Å². The molecule has 0 saturated carbocycles. The molecular weight excluding hydrogens is 352 g/mol. The highest BCUT2D eigenvalue weighted by molar-refractivity contribution is 7.92. The number of hydrogen-bond acceptors (Lipinski definition) is 4. The minimum Gasteiger partial charge on any atom is -0.490 e. The quantitative estimate of drug-likeness (QED) is 0.890. The zero-order valence-corrected chi connectivity index (χ0v) is 15.8. The molecule has 2 aromatic rings. The first-order valence-electron chi connectivity index (χ1n) is 8.45. The van der Waals surface area contributed by atoms with Crippen molar-refractivity contribution in [2.24, 2.45) is 0 Å². The second kappa shape index (κ2) is 6.99. The van der Waals surface area contributed by atoms with E-state index in [1.54, 1.807) is 35.2 Å². The molecule has 7 heteroatoms. The van der Waals surface area contributed by atoms with Gasteiger partial charge in [0, 0.05) is 6.92 Å². The fourth-order valence-electron chi connectivity index (χ4n) is 2.85. The number of carbonyl (C=O) groups is 1. The fourth-order valence-corrected chi connectivity index (χ4v) is 3.90. The summed E-state index contributed by atoms with van der Waals surface area (Å²) in [5.74, 6) is 0.785. The molecule has 2 aromatic carbocycles. The van der Waals surface area contributed by atoms with Gasteiger partial charge in [0.15, 0.2) is 0 Å². The van der Waals surface area contributed by atoms with Gasteiger partial charge in [-0.3, -0.25) is 9.52 Å². The number of rotatable bonds is 4. The van der Waals surface area contributed by atoms with Gasteiger partial charge in [0.1, 0.15) is 12.4 Å². The first-order chi connectivity index (χ1) is 12.3. The van der Waals surface area contributed by atoms with Gasteiger partial charge in [0.25, 0.3) is 10.0 Å². The van der Waals surface area contributed by atoms with E-state index in [1.165, 1.54) is 6.92 Å². The Morgan fingerprint density at radius 2 is 1.85 bits per heavy atom. The lowest BCUT2D eigenvalue weighted by Crippen LogP contribution is -2.36. The van der Waals surface area contributed by atoms with Crippen LogP contribution in [0.3, 0.4) is 0 Å². The van der Waals surface area contributed by atoms with Crippen molar-refractivity contribution in [1.82, 2.24) is 0 Å². The molecule has 0 fully saturated rings. The van der Waals surface area contributed by atoms with Gasteiger partial charge in [-0.15, -0.1) is 0 Å². The van der Waals surface area contributed by atoms with Crippen LogP contribution in [-0.2, 0) is 14.8 Å². The highest BCUT2D eigenvalue weighted by Gasteiger charge is 2.23. The summed E-state index contributed by atoms with van der Waals surface area (Å²) >= 11 is 0. The maximum Gasteiger partial charge on any atom is 0.261 e. The molecule has 0 spiro atoms. The maximum absolute atomic E-state index is 12.6. The summed E-state index contributed by atoms with van der Waals surface area (Å²) in [6.07, 6.45) is 0. The Morgan fingerprint density at radius 3 is 2.46 bits per heavy atom. The first-order valence-corrected chi connectivity index (χ1v) is 9.94. The Hall–Kier alpha value is -2.54. The third kappa shape index (κ3) is 3.67. The van der Waals surface area contributed by atoms with E-state index in [9.17, 15) is 13.2 Å². The van der Waals surface area contributed by atoms with Crippen molar-refractivity contribution in [2.75, 3.05) is 22.8 Å². The van der Waals surface area contributed by atoms with Crippen LogP contribution < -0.4 is 14.4 Å². The maximum atomic E-state index is 12.6. The average Bonchev–Trinajstić information content (AvgIpc) is 2.60. The molecule has 3 rings (SSSR count). The molecule has 1 heterocycles. The van der Waals surface area contributed by atoms with Crippen LogP contribution in [0.15, 0.2) is 47.4 Å². The molecule has 6 nitrogen and oxygen atoms in total. The van der Waals surface area contributed by atoms with Crippen LogP contribution in [-0.4, -0.2) is 27.5 Å². The van der Waals surface area contributed by atoms with Crippen molar-refractivity contribution < 1.29 is 17.9 Å². The van der Waals surface area contributed by atoms with Gasteiger partial charge in [-0.2, -0.15) is 0 Å². The lowest BCUT2D eigenvalue weighted by Gasteiger charge is -2.29. The number of benzene rings is 2. The summed E-state index contributed by atoms with van der Waals surface area (Å²) < 4.78 is 33.4. The van der Waals surface area contributed by atoms with Crippen molar-refractivity contribution in [3.63, 3.8) is 0 Å². The van der Waals surface area contributed by atoms with Gasteiger partial charge < -0.3 is 9.64 Å². The third-order valence-electron chi connectivity index (χ3n) is 4.31. The van der Waals surface area contributed by atoms with E-state index in [4.69, 9.17) is 4.74 Å². The predicted octanol–water partition coefficient (Wildman–Crippen LogP) is 3.36. The van der Waals surface area contributed by atoms with Crippen LogP contribution in [0.2, 0.25) is 0 Å². The first kappa shape index (κ1) is 18.3. The molecule has 1 amide bonds. The smallest absolute Gasteiger partial charge is 0.261 e. The van der Waals surface area contributed by atoms with Gasteiger partial charge >= 0.3 is 0 Å². The van der Waals surface area contributed by atoms with Gasteiger partial charge in [-0.05, 0) is 41.8 Å². The Labute approximate surface area is 153 Å². The average molecular weight is 374 g/mol. The monoisotopic (exact) mass is 374 g/mol. The summed E-state index contributed by atoms with van der Waals surface area (Å²) in [7, 11) is -3.71. The van der Waals surface area contributed by atoms with Crippen molar-refractivity contribution in [2.45, 2.75) is 31.6 Å². The third-order valence-corrected chi connectivity index (χ3v) is 5.71. The molecule has 1 N–H and O–H groups in total. The largest absolute Gasteiger partial charge is 0.490 e. The van der Waals surface area contributed by atoms with Crippen LogP contribution in [0, 0.1) is 0 Å². The standard InChI is InChI=1S/C19H22N2O4S/c1-13(2)15-4-7-17(8-5-15)26(23,24)20-16-6-9-19-18(12-16)21(14(3)22)10-11-25-19/h4-9,12-13,20H,10-11H2,1-3H3. The molecule has 0 radical (unpaired) electrons. The second-order valence-corrected chi connectivity index (χ2v) is 8.21. The minimum atomic E-state index is -3.71. The number of anilines is 2. The molecule has 0 saturated heterocycles. The number of sulfonamides is 1. The highest BCUT2D eigenvalue weighted by Crippen LogP contribution is 2.34. The number of nitrogens with zero attached hydrogens (tertiary/aromatic N) is 1. The zero-order chi connectivity index (χ0) is 18.9. The summed E-state index contributed by atoms with van der Waals surface area (Å²) in [5.41, 5.74) is 2.03. The predicted molar refractivity (Wildman–Crippen MR) is 101 cm³/mol. The van der Waals surface area contributed by atoms with E-state index in [0.29, 0.717) is 36.2 Å². The SMILES string of the molecule is CC(=O)N1CCOc2ccc(NS(=O)(=O)c3ccc(C(C)C)cc3)cc21. The van der Waals surface area contributed by atoms with Crippen molar-refractivity contribution in [3.05, 3.63) is 48.0 Å². The molecule has 1 aliphatic rings. The molecular formula is C19H22N2O4S. The Bertz CT molecular complexity index is 921. The van der Waals surface area contributed by atoms with E-state index in [-0.39, 0.29) is 10.8 Å². The Kier molecular flexibility index (Phi) is 4.91. The number of fused-ring (bicyclic) bond motifs is 1. The van der Waals surface area contributed by atoms with Gasteiger partial charge in [0.2, 0.25) is 5.91 Å². The summed E-state index contributed by atoms with van der Waals surface area (Å²) in [5, 5.41) is 0. The molecule has 138 valence electrons. The number of nitrogens with one attached hydrogen (secondary N) is 1. The van der Waals surface area contributed by atoms with Gasteiger partial charge in [-0.25, -0.2) is 8.42 Å². The molecule has 0 aromatic heterocycles. The normalized spacial score (nSPS) is 13.9. The zero-order valence-electron chi connectivity index (χ0n) is 15.0. The lowest BCUT2D eigenvalue weighted by atomic mass is 10.0. The molecule has 0 atom stereocenters. The van der Waals surface area contributed by atoms with E-state index >= 15 is 0 Å². The highest BCUT2D eigenvalue weighted by atomic mass is 32.2. The van der Waals surface area contributed by atoms with Crippen molar-refractivity contribution >= 4 is 27.3 Å². The molecule has 1 aliphatic heterocycles. The van der Waals surface area contributed by atoms with Crippen molar-refractivity contribution in [1.29, 1.82) is 0 Å². The number of hydrogen-bond donors (Lipinski definition) is 1. The van der Waals surface area contributed by atoms with E-state index in [2.05, 4.69) is 18.6 Å². The number of ether oxygens (including phenoxy) is 1. The van der Waals surface area contributed by atoms with Crippen molar-refractivity contribution in [3.8, 4) is 5.75 Å². The van der Waals surface area contributed by atoms with E-state index < -0.39 is 10.0 Å². The fraction of sp³-hybridized carbons (Fsp3) is 0.316. The summed E-state index contributed by atoms with van der Waals surface area (Å²) in [4.78, 5) is 13.6. The Balaban J connectivity index is 1.88. The van der Waals surface area contributed by atoms with Crippen LogP contribution in [0.1, 0.15) is 32.3 Å². The Morgan fingerprint density at radius 1 is 1.15 bits per heavy atom. The summed E-state index contributed by atoms with van der Waals surface area (Å²) in [6, 6.07) is 11.7. The minimum absolute atomic E-state index is 0.112. The van der Waals surface area contributed by atoms with E-state index in [1.807, 2.05) is 12.1 Å². The second-order valence-electron chi connectivity index (χ2n) is 6.53.